The molecular weight excluding hydrogens is 200 g/mol. The maximum absolute atomic E-state index is 9.75. The van der Waals surface area contributed by atoms with Gasteiger partial charge in [0, 0.05) is 6.61 Å². The van der Waals surface area contributed by atoms with Gasteiger partial charge in [0.25, 0.3) is 0 Å². The second kappa shape index (κ2) is 5.50. The van der Waals surface area contributed by atoms with Crippen LogP contribution in [0.5, 0.6) is 0 Å². The lowest BCUT2D eigenvalue weighted by Gasteiger charge is -2.47. The van der Waals surface area contributed by atoms with E-state index in [0.717, 1.165) is 31.8 Å². The minimum Gasteiger partial charge on any atom is -0.393 e. The van der Waals surface area contributed by atoms with E-state index in [4.69, 9.17) is 4.74 Å². The van der Waals surface area contributed by atoms with Crippen LogP contribution in [0.1, 0.15) is 64.7 Å². The summed E-state index contributed by atoms with van der Waals surface area (Å²) < 4.78 is 5.92. The molecule has 1 aliphatic heterocycles. The van der Waals surface area contributed by atoms with E-state index in [0.29, 0.717) is 0 Å². The van der Waals surface area contributed by atoms with Crippen molar-refractivity contribution in [2.75, 3.05) is 6.61 Å². The van der Waals surface area contributed by atoms with Crippen LogP contribution in [0.25, 0.3) is 0 Å². The molecule has 16 heavy (non-hydrogen) atoms. The summed E-state index contributed by atoms with van der Waals surface area (Å²) in [6.45, 7) is 3.09. The third-order valence-corrected chi connectivity index (χ3v) is 4.39. The topological polar surface area (TPSA) is 29.5 Å². The molecule has 2 fully saturated rings. The summed E-state index contributed by atoms with van der Waals surface area (Å²) in [5.41, 5.74) is 0.276. The SMILES string of the molecule is CCCC(O)CCC1CCOC2(CCC2)C1. The van der Waals surface area contributed by atoms with Gasteiger partial charge in [0.2, 0.25) is 0 Å². The molecule has 1 saturated carbocycles. The van der Waals surface area contributed by atoms with E-state index < -0.39 is 0 Å². The van der Waals surface area contributed by atoms with Gasteiger partial charge < -0.3 is 9.84 Å². The van der Waals surface area contributed by atoms with Gasteiger partial charge in [-0.05, 0) is 57.3 Å². The highest BCUT2D eigenvalue weighted by atomic mass is 16.5. The van der Waals surface area contributed by atoms with E-state index in [9.17, 15) is 5.11 Å². The van der Waals surface area contributed by atoms with E-state index in [1.54, 1.807) is 0 Å². The minimum absolute atomic E-state index is 0.0646. The number of aliphatic hydroxyl groups is 1. The summed E-state index contributed by atoms with van der Waals surface area (Å²) >= 11 is 0. The number of rotatable bonds is 5. The van der Waals surface area contributed by atoms with E-state index >= 15 is 0 Å². The molecule has 0 amide bonds. The predicted molar refractivity (Wildman–Crippen MR) is 65.4 cm³/mol. The highest BCUT2D eigenvalue weighted by Gasteiger charge is 2.42. The molecular formula is C14H26O2. The summed E-state index contributed by atoms with van der Waals surface area (Å²) in [6.07, 6.45) is 10.6. The smallest absolute Gasteiger partial charge is 0.0685 e. The van der Waals surface area contributed by atoms with Gasteiger partial charge in [-0.1, -0.05) is 13.3 Å². The molecule has 1 saturated heterocycles. The highest BCUT2D eigenvalue weighted by molar-refractivity contribution is 4.93. The highest BCUT2D eigenvalue weighted by Crippen LogP contribution is 2.45. The summed E-state index contributed by atoms with van der Waals surface area (Å²) in [7, 11) is 0. The van der Waals surface area contributed by atoms with Crippen molar-refractivity contribution in [1.82, 2.24) is 0 Å². The molecule has 2 aliphatic rings. The Labute approximate surface area is 99.4 Å². The molecule has 0 aromatic heterocycles. The Balaban J connectivity index is 1.69. The largest absolute Gasteiger partial charge is 0.393 e. The zero-order valence-corrected chi connectivity index (χ0v) is 10.6. The molecule has 0 aromatic carbocycles. The molecule has 1 spiro atoms. The fourth-order valence-electron chi connectivity index (χ4n) is 3.20. The van der Waals surface area contributed by atoms with Crippen molar-refractivity contribution in [3.8, 4) is 0 Å². The van der Waals surface area contributed by atoms with E-state index in [-0.39, 0.29) is 11.7 Å². The summed E-state index contributed by atoms with van der Waals surface area (Å²) in [6, 6.07) is 0. The van der Waals surface area contributed by atoms with Crippen molar-refractivity contribution >= 4 is 0 Å². The van der Waals surface area contributed by atoms with Crippen LogP contribution in [0.4, 0.5) is 0 Å². The van der Waals surface area contributed by atoms with Crippen molar-refractivity contribution in [1.29, 1.82) is 0 Å². The Morgan fingerprint density at radius 1 is 1.38 bits per heavy atom. The van der Waals surface area contributed by atoms with Crippen LogP contribution in [0.15, 0.2) is 0 Å². The first-order valence-electron chi connectivity index (χ1n) is 7.06. The lowest BCUT2D eigenvalue weighted by molar-refractivity contribution is -0.144. The van der Waals surface area contributed by atoms with Crippen molar-refractivity contribution in [2.24, 2.45) is 5.92 Å². The average Bonchev–Trinajstić information content (AvgIpc) is 2.25. The van der Waals surface area contributed by atoms with Crippen molar-refractivity contribution < 1.29 is 9.84 Å². The first-order chi connectivity index (χ1) is 7.74. The molecule has 94 valence electrons. The zero-order chi connectivity index (χ0) is 11.4. The van der Waals surface area contributed by atoms with Crippen LogP contribution in [-0.2, 0) is 4.74 Å². The van der Waals surface area contributed by atoms with Gasteiger partial charge in [-0.2, -0.15) is 0 Å². The molecule has 0 bridgehead atoms. The molecule has 1 aliphatic carbocycles. The maximum atomic E-state index is 9.75. The van der Waals surface area contributed by atoms with Crippen LogP contribution >= 0.6 is 0 Å². The Morgan fingerprint density at radius 3 is 2.81 bits per heavy atom. The van der Waals surface area contributed by atoms with Crippen molar-refractivity contribution in [3.63, 3.8) is 0 Å². The number of aliphatic hydroxyl groups excluding tert-OH is 1. The average molecular weight is 226 g/mol. The standard InChI is InChI=1S/C14H26O2/c1-2-4-13(15)6-5-12-7-10-16-14(11-12)8-3-9-14/h12-13,15H,2-11H2,1H3. The van der Waals surface area contributed by atoms with E-state index in [2.05, 4.69) is 6.92 Å². The Morgan fingerprint density at radius 2 is 2.19 bits per heavy atom. The van der Waals surface area contributed by atoms with Crippen molar-refractivity contribution in [2.45, 2.75) is 76.4 Å². The van der Waals surface area contributed by atoms with E-state index in [1.165, 1.54) is 38.5 Å². The van der Waals surface area contributed by atoms with Gasteiger partial charge >= 0.3 is 0 Å². The Hall–Kier alpha value is -0.0800. The monoisotopic (exact) mass is 226 g/mol. The molecule has 1 heterocycles. The second-order valence-electron chi connectivity index (χ2n) is 5.76. The third-order valence-electron chi connectivity index (χ3n) is 4.39. The van der Waals surface area contributed by atoms with Gasteiger partial charge in [0.05, 0.1) is 11.7 Å². The second-order valence-corrected chi connectivity index (χ2v) is 5.76. The first-order valence-corrected chi connectivity index (χ1v) is 7.06. The Bertz CT molecular complexity index is 211. The molecule has 1 N–H and O–H groups in total. The lowest BCUT2D eigenvalue weighted by Crippen LogP contribution is -2.45. The molecule has 2 nitrogen and oxygen atoms in total. The van der Waals surface area contributed by atoms with Gasteiger partial charge in [-0.15, -0.1) is 0 Å². The first kappa shape index (κ1) is 12.4. The van der Waals surface area contributed by atoms with Gasteiger partial charge in [-0.25, -0.2) is 0 Å². The summed E-state index contributed by atoms with van der Waals surface area (Å²) in [4.78, 5) is 0. The van der Waals surface area contributed by atoms with Crippen LogP contribution in [-0.4, -0.2) is 23.4 Å². The molecule has 2 atom stereocenters. The third kappa shape index (κ3) is 2.98. The van der Waals surface area contributed by atoms with Crippen LogP contribution in [0, 0.1) is 5.92 Å². The molecule has 2 rings (SSSR count). The zero-order valence-electron chi connectivity index (χ0n) is 10.6. The number of hydrogen-bond donors (Lipinski definition) is 1. The molecule has 0 radical (unpaired) electrons. The van der Waals surface area contributed by atoms with Gasteiger partial charge in [0.1, 0.15) is 0 Å². The number of hydrogen-bond acceptors (Lipinski definition) is 2. The Kier molecular flexibility index (Phi) is 4.26. The normalized spacial score (nSPS) is 30.0. The molecule has 2 unspecified atom stereocenters. The van der Waals surface area contributed by atoms with E-state index in [1.807, 2.05) is 0 Å². The van der Waals surface area contributed by atoms with Crippen LogP contribution in [0.2, 0.25) is 0 Å². The molecule has 2 heteroatoms. The summed E-state index contributed by atoms with van der Waals surface area (Å²) in [5.74, 6) is 0.806. The maximum Gasteiger partial charge on any atom is 0.0685 e. The van der Waals surface area contributed by atoms with Gasteiger partial charge in [0.15, 0.2) is 0 Å². The van der Waals surface area contributed by atoms with Crippen molar-refractivity contribution in [3.05, 3.63) is 0 Å². The minimum atomic E-state index is -0.0646. The lowest BCUT2D eigenvalue weighted by atomic mass is 9.71. The predicted octanol–water partition coefficient (Wildman–Crippen LogP) is 3.28. The fraction of sp³-hybridized carbons (Fsp3) is 1.00. The summed E-state index contributed by atoms with van der Waals surface area (Å²) in [5, 5.41) is 9.75. The van der Waals surface area contributed by atoms with Crippen LogP contribution in [0.3, 0.4) is 0 Å². The fourth-order valence-corrected chi connectivity index (χ4v) is 3.20. The number of ether oxygens (including phenoxy) is 1. The van der Waals surface area contributed by atoms with Gasteiger partial charge in [-0.3, -0.25) is 0 Å². The van der Waals surface area contributed by atoms with Crippen LogP contribution < -0.4 is 0 Å². The molecule has 0 aromatic rings. The quantitative estimate of drug-likeness (QED) is 0.779.